The van der Waals surface area contributed by atoms with E-state index in [-0.39, 0.29) is 0 Å². The van der Waals surface area contributed by atoms with E-state index >= 15 is 0 Å². The lowest BCUT2D eigenvalue weighted by atomic mass is 10.0. The van der Waals surface area contributed by atoms with Crippen LogP contribution in [0.2, 0.25) is 5.02 Å². The van der Waals surface area contributed by atoms with Crippen LogP contribution in [-0.2, 0) is 0 Å². The number of nitrogens with one attached hydrogen (secondary N) is 1. The summed E-state index contributed by atoms with van der Waals surface area (Å²) in [6, 6.07) is 7.40. The molecule has 0 radical (unpaired) electrons. The Kier molecular flexibility index (Phi) is 4.52. The topological polar surface area (TPSA) is 15.3 Å². The zero-order valence-electron chi connectivity index (χ0n) is 11.5. The van der Waals surface area contributed by atoms with E-state index in [1.165, 1.54) is 30.5 Å². The van der Waals surface area contributed by atoms with Crippen molar-refractivity contribution >= 4 is 17.3 Å². The molecule has 0 aliphatic carbocycles. The van der Waals surface area contributed by atoms with Crippen LogP contribution in [0.5, 0.6) is 0 Å². The van der Waals surface area contributed by atoms with Crippen LogP contribution < -0.4 is 10.2 Å². The number of anilines is 1. The van der Waals surface area contributed by atoms with Gasteiger partial charge in [-0.3, -0.25) is 0 Å². The van der Waals surface area contributed by atoms with Crippen molar-refractivity contribution in [2.45, 2.75) is 45.2 Å². The van der Waals surface area contributed by atoms with Crippen LogP contribution in [0.25, 0.3) is 0 Å². The Bertz CT molecular complexity index is 405. The number of piperidine rings is 1. The van der Waals surface area contributed by atoms with Gasteiger partial charge in [-0.15, -0.1) is 0 Å². The fourth-order valence-electron chi connectivity index (χ4n) is 2.65. The van der Waals surface area contributed by atoms with Gasteiger partial charge in [0.15, 0.2) is 0 Å². The highest BCUT2D eigenvalue weighted by atomic mass is 35.5. The molecule has 0 saturated carbocycles. The monoisotopic (exact) mass is 266 g/mol. The Morgan fingerprint density at radius 1 is 1.39 bits per heavy atom. The van der Waals surface area contributed by atoms with Gasteiger partial charge >= 0.3 is 0 Å². The Hall–Kier alpha value is -0.730. The lowest BCUT2D eigenvalue weighted by Crippen LogP contribution is -2.37. The fourth-order valence-corrected chi connectivity index (χ4v) is 2.95. The van der Waals surface area contributed by atoms with Crippen LogP contribution in [0.1, 0.15) is 44.7 Å². The third-order valence-corrected chi connectivity index (χ3v) is 4.32. The van der Waals surface area contributed by atoms with E-state index < -0.39 is 0 Å². The minimum Gasteiger partial charge on any atom is -0.368 e. The molecule has 1 heterocycles. The van der Waals surface area contributed by atoms with Crippen molar-refractivity contribution in [1.82, 2.24) is 5.32 Å². The molecule has 1 saturated heterocycles. The second-order valence-corrected chi connectivity index (χ2v) is 5.67. The van der Waals surface area contributed by atoms with E-state index in [0.717, 1.165) is 11.6 Å². The molecule has 1 aliphatic heterocycles. The lowest BCUT2D eigenvalue weighted by molar-refractivity contribution is 0.485. The van der Waals surface area contributed by atoms with Gasteiger partial charge in [0.2, 0.25) is 0 Å². The zero-order chi connectivity index (χ0) is 13.1. The van der Waals surface area contributed by atoms with Gasteiger partial charge in [-0.1, -0.05) is 17.7 Å². The van der Waals surface area contributed by atoms with Gasteiger partial charge in [-0.25, -0.2) is 0 Å². The highest BCUT2D eigenvalue weighted by molar-refractivity contribution is 6.33. The maximum absolute atomic E-state index is 6.46. The van der Waals surface area contributed by atoms with E-state index in [9.17, 15) is 0 Å². The number of rotatable bonds is 3. The molecule has 100 valence electrons. The van der Waals surface area contributed by atoms with Crippen LogP contribution in [0.3, 0.4) is 0 Å². The summed E-state index contributed by atoms with van der Waals surface area (Å²) in [6.07, 6.45) is 3.88. The normalized spacial score (nSPS) is 22.0. The molecule has 2 nitrogen and oxygen atoms in total. The van der Waals surface area contributed by atoms with E-state index in [4.69, 9.17) is 11.6 Å². The molecule has 1 aliphatic rings. The second kappa shape index (κ2) is 5.94. The molecule has 0 bridgehead atoms. The molecule has 0 amide bonds. The molecule has 1 aromatic rings. The molecular formula is C15H23ClN2. The summed E-state index contributed by atoms with van der Waals surface area (Å²) in [5, 5.41) is 4.12. The molecule has 2 atom stereocenters. The summed E-state index contributed by atoms with van der Waals surface area (Å²) >= 11 is 6.46. The van der Waals surface area contributed by atoms with Gasteiger partial charge in [-0.2, -0.15) is 0 Å². The average Bonchev–Trinajstić information content (AvgIpc) is 2.39. The second-order valence-electron chi connectivity index (χ2n) is 5.26. The van der Waals surface area contributed by atoms with Gasteiger partial charge in [0, 0.05) is 18.6 Å². The van der Waals surface area contributed by atoms with Crippen LogP contribution >= 0.6 is 11.6 Å². The summed E-state index contributed by atoms with van der Waals surface area (Å²) in [5.74, 6) is 0. The molecule has 1 fully saturated rings. The molecular weight excluding hydrogens is 244 g/mol. The maximum Gasteiger partial charge on any atom is 0.0642 e. The number of halogens is 1. The largest absolute Gasteiger partial charge is 0.368 e. The quantitative estimate of drug-likeness (QED) is 0.890. The number of benzene rings is 1. The summed E-state index contributed by atoms with van der Waals surface area (Å²) in [7, 11) is 1.97. The summed E-state index contributed by atoms with van der Waals surface area (Å²) in [4.78, 5) is 2.44. The first-order valence-corrected chi connectivity index (χ1v) is 7.24. The molecule has 0 aromatic heterocycles. The molecule has 0 spiro atoms. The van der Waals surface area contributed by atoms with Crippen molar-refractivity contribution in [2.24, 2.45) is 0 Å². The Labute approximate surface area is 115 Å². The highest BCUT2D eigenvalue weighted by Crippen LogP contribution is 2.32. The minimum atomic E-state index is 0.343. The molecule has 2 rings (SSSR count). The molecule has 18 heavy (non-hydrogen) atoms. The predicted octanol–water partition coefficient (Wildman–Crippen LogP) is 4.00. The van der Waals surface area contributed by atoms with E-state index in [0.29, 0.717) is 12.1 Å². The Morgan fingerprint density at radius 3 is 2.78 bits per heavy atom. The Morgan fingerprint density at radius 2 is 2.17 bits per heavy atom. The van der Waals surface area contributed by atoms with Gasteiger partial charge in [0.1, 0.15) is 0 Å². The SMILES string of the molecule is CNC(C)c1ccc(N2CCCCC2C)c(Cl)c1. The third kappa shape index (κ3) is 2.81. The van der Waals surface area contributed by atoms with E-state index in [1.54, 1.807) is 0 Å². The first kappa shape index (κ1) is 13.7. The van der Waals surface area contributed by atoms with E-state index in [1.807, 2.05) is 7.05 Å². The summed E-state index contributed by atoms with van der Waals surface area (Å²) < 4.78 is 0. The minimum absolute atomic E-state index is 0.343. The summed E-state index contributed by atoms with van der Waals surface area (Å²) in [5.41, 5.74) is 2.44. The highest BCUT2D eigenvalue weighted by Gasteiger charge is 2.20. The van der Waals surface area contributed by atoms with Crippen molar-refractivity contribution in [3.8, 4) is 0 Å². The standard InChI is InChI=1S/C15H23ClN2/c1-11-6-4-5-9-18(11)15-8-7-13(10-14(15)16)12(2)17-3/h7-8,10-12,17H,4-6,9H2,1-3H3. The molecule has 2 unspecified atom stereocenters. The smallest absolute Gasteiger partial charge is 0.0642 e. The van der Waals surface area contributed by atoms with Gasteiger partial charge in [0.05, 0.1) is 10.7 Å². The van der Waals surface area contributed by atoms with Gasteiger partial charge < -0.3 is 10.2 Å². The van der Waals surface area contributed by atoms with Crippen molar-refractivity contribution in [1.29, 1.82) is 0 Å². The van der Waals surface area contributed by atoms with Crippen LogP contribution in [0.15, 0.2) is 18.2 Å². The number of nitrogens with zero attached hydrogens (tertiary/aromatic N) is 1. The van der Waals surface area contributed by atoms with Gasteiger partial charge in [-0.05, 0) is 57.9 Å². The van der Waals surface area contributed by atoms with Crippen LogP contribution in [0, 0.1) is 0 Å². The van der Waals surface area contributed by atoms with Crippen LogP contribution in [0.4, 0.5) is 5.69 Å². The van der Waals surface area contributed by atoms with Crippen molar-refractivity contribution < 1.29 is 0 Å². The number of hydrogen-bond acceptors (Lipinski definition) is 2. The van der Waals surface area contributed by atoms with Gasteiger partial charge in [0.25, 0.3) is 0 Å². The predicted molar refractivity (Wildman–Crippen MR) is 79.6 cm³/mol. The van der Waals surface area contributed by atoms with Crippen LogP contribution in [-0.4, -0.2) is 19.6 Å². The summed E-state index contributed by atoms with van der Waals surface area (Å²) in [6.45, 7) is 5.57. The fraction of sp³-hybridized carbons (Fsp3) is 0.600. The van der Waals surface area contributed by atoms with Crippen molar-refractivity contribution in [3.63, 3.8) is 0 Å². The average molecular weight is 267 g/mol. The third-order valence-electron chi connectivity index (χ3n) is 4.02. The van der Waals surface area contributed by atoms with E-state index in [2.05, 4.69) is 42.3 Å². The molecule has 1 aromatic carbocycles. The van der Waals surface area contributed by atoms with Crippen molar-refractivity contribution in [3.05, 3.63) is 28.8 Å². The first-order chi connectivity index (χ1) is 8.63. The molecule has 1 N–H and O–H groups in total. The number of hydrogen-bond donors (Lipinski definition) is 1. The Balaban J connectivity index is 2.23. The maximum atomic E-state index is 6.46. The van der Waals surface area contributed by atoms with Crippen molar-refractivity contribution in [2.75, 3.05) is 18.5 Å². The first-order valence-electron chi connectivity index (χ1n) is 6.87. The lowest BCUT2D eigenvalue weighted by Gasteiger charge is -2.36. The molecule has 3 heteroatoms. The zero-order valence-corrected chi connectivity index (χ0v) is 12.3.